The summed E-state index contributed by atoms with van der Waals surface area (Å²) in [5, 5.41) is 12.1. The minimum absolute atomic E-state index is 0.0393. The van der Waals surface area contributed by atoms with Gasteiger partial charge >= 0.3 is 0 Å². The zero-order valence-corrected chi connectivity index (χ0v) is 10.4. The maximum Gasteiger partial charge on any atom is 0.251 e. The number of hydrogen-bond acceptors (Lipinski definition) is 3. The highest BCUT2D eigenvalue weighted by molar-refractivity contribution is 5.94. The Hall–Kier alpha value is -1.39. The molecule has 1 aromatic rings. The molecule has 1 aromatic carbocycles. The van der Waals surface area contributed by atoms with Crippen LogP contribution in [0.1, 0.15) is 29.8 Å². The standard InChI is InChI=1S/C13H20N2O2/c1-3-15-12(17)10-5-4-6-11(7-10)13(2,8-14)9-16/h4-7,16H,3,8-9,14H2,1-2H3,(H,15,17). The molecule has 4 heteroatoms. The Morgan fingerprint density at radius 2 is 2.24 bits per heavy atom. The van der Waals surface area contributed by atoms with E-state index in [9.17, 15) is 9.90 Å². The molecule has 0 spiro atoms. The number of rotatable bonds is 5. The lowest BCUT2D eigenvalue weighted by atomic mass is 9.83. The molecule has 0 aliphatic rings. The molecule has 0 heterocycles. The molecule has 0 saturated carbocycles. The fourth-order valence-electron chi connectivity index (χ4n) is 1.57. The summed E-state index contributed by atoms with van der Waals surface area (Å²) >= 11 is 0. The van der Waals surface area contributed by atoms with Crippen molar-refractivity contribution >= 4 is 5.91 Å². The number of carbonyl (C=O) groups excluding carboxylic acids is 1. The highest BCUT2D eigenvalue weighted by Crippen LogP contribution is 2.22. The molecule has 0 aliphatic heterocycles. The largest absolute Gasteiger partial charge is 0.395 e. The second kappa shape index (κ2) is 5.80. The lowest BCUT2D eigenvalue weighted by Crippen LogP contribution is -2.36. The van der Waals surface area contributed by atoms with Crippen LogP contribution in [0, 0.1) is 0 Å². The van der Waals surface area contributed by atoms with Gasteiger partial charge in [0, 0.05) is 24.1 Å². The Balaban J connectivity index is 3.04. The van der Waals surface area contributed by atoms with Crippen molar-refractivity contribution in [3.63, 3.8) is 0 Å². The van der Waals surface area contributed by atoms with Crippen LogP contribution in [0.4, 0.5) is 0 Å². The summed E-state index contributed by atoms with van der Waals surface area (Å²) in [6.45, 7) is 4.64. The van der Waals surface area contributed by atoms with Crippen molar-refractivity contribution < 1.29 is 9.90 Å². The molecule has 4 nitrogen and oxygen atoms in total. The monoisotopic (exact) mass is 236 g/mol. The zero-order chi connectivity index (χ0) is 12.9. The molecular weight excluding hydrogens is 216 g/mol. The highest BCUT2D eigenvalue weighted by Gasteiger charge is 2.24. The molecule has 0 aliphatic carbocycles. The molecule has 1 rings (SSSR count). The van der Waals surface area contributed by atoms with Gasteiger partial charge in [-0.1, -0.05) is 19.1 Å². The quantitative estimate of drug-likeness (QED) is 0.702. The number of nitrogens with one attached hydrogen (secondary N) is 1. The molecule has 94 valence electrons. The van der Waals surface area contributed by atoms with Gasteiger partial charge in [-0.15, -0.1) is 0 Å². The fraction of sp³-hybridized carbons (Fsp3) is 0.462. The third-order valence-electron chi connectivity index (χ3n) is 2.96. The summed E-state index contributed by atoms with van der Waals surface area (Å²) in [5.74, 6) is -0.105. The number of aliphatic hydroxyl groups is 1. The second-order valence-electron chi connectivity index (χ2n) is 4.36. The van der Waals surface area contributed by atoms with E-state index in [0.717, 1.165) is 5.56 Å². The molecule has 1 amide bonds. The van der Waals surface area contributed by atoms with Crippen molar-refractivity contribution in [3.8, 4) is 0 Å². The van der Waals surface area contributed by atoms with Crippen LogP contribution in [0.5, 0.6) is 0 Å². The summed E-state index contributed by atoms with van der Waals surface area (Å²) < 4.78 is 0. The molecule has 1 atom stereocenters. The van der Waals surface area contributed by atoms with Gasteiger partial charge in [0.2, 0.25) is 0 Å². The van der Waals surface area contributed by atoms with Gasteiger partial charge in [0.25, 0.3) is 5.91 Å². The maximum absolute atomic E-state index is 11.7. The summed E-state index contributed by atoms with van der Waals surface area (Å²) in [7, 11) is 0. The average molecular weight is 236 g/mol. The maximum atomic E-state index is 11.7. The predicted molar refractivity (Wildman–Crippen MR) is 67.9 cm³/mol. The van der Waals surface area contributed by atoms with E-state index in [4.69, 9.17) is 5.73 Å². The zero-order valence-electron chi connectivity index (χ0n) is 10.4. The molecule has 0 aromatic heterocycles. The van der Waals surface area contributed by atoms with Crippen molar-refractivity contribution in [2.24, 2.45) is 5.73 Å². The number of benzene rings is 1. The summed E-state index contributed by atoms with van der Waals surface area (Å²) in [6.07, 6.45) is 0. The van der Waals surface area contributed by atoms with E-state index < -0.39 is 5.41 Å². The molecule has 0 radical (unpaired) electrons. The van der Waals surface area contributed by atoms with Crippen LogP contribution >= 0.6 is 0 Å². The topological polar surface area (TPSA) is 75.4 Å². The van der Waals surface area contributed by atoms with Gasteiger partial charge in [0.05, 0.1) is 6.61 Å². The van der Waals surface area contributed by atoms with Gasteiger partial charge in [-0.05, 0) is 24.6 Å². The third-order valence-corrected chi connectivity index (χ3v) is 2.96. The Labute approximate surface area is 102 Å². The Morgan fingerprint density at radius 3 is 2.76 bits per heavy atom. The first-order chi connectivity index (χ1) is 8.07. The van der Waals surface area contributed by atoms with Crippen LogP contribution in [0.25, 0.3) is 0 Å². The first kappa shape index (κ1) is 13.7. The Bertz CT molecular complexity index is 387. The molecule has 0 saturated heterocycles. The lowest BCUT2D eigenvalue weighted by molar-refractivity contribution is 0.0955. The first-order valence-corrected chi connectivity index (χ1v) is 5.77. The molecule has 0 fully saturated rings. The molecular formula is C13H20N2O2. The number of nitrogens with two attached hydrogens (primary N) is 1. The van der Waals surface area contributed by atoms with E-state index in [2.05, 4.69) is 5.32 Å². The first-order valence-electron chi connectivity index (χ1n) is 5.77. The van der Waals surface area contributed by atoms with E-state index in [1.165, 1.54) is 0 Å². The molecule has 4 N–H and O–H groups in total. The number of carbonyl (C=O) groups is 1. The van der Waals surface area contributed by atoms with Gasteiger partial charge in [-0.3, -0.25) is 4.79 Å². The number of aliphatic hydroxyl groups excluding tert-OH is 1. The molecule has 0 bridgehead atoms. The minimum atomic E-state index is -0.498. The second-order valence-corrected chi connectivity index (χ2v) is 4.36. The van der Waals surface area contributed by atoms with Crippen molar-refractivity contribution in [2.75, 3.05) is 19.7 Å². The Morgan fingerprint density at radius 1 is 1.53 bits per heavy atom. The normalized spacial score (nSPS) is 14.1. The average Bonchev–Trinajstić information content (AvgIpc) is 2.38. The minimum Gasteiger partial charge on any atom is -0.395 e. The Kier molecular flexibility index (Phi) is 4.66. The van der Waals surface area contributed by atoms with E-state index in [1.807, 2.05) is 26.0 Å². The summed E-state index contributed by atoms with van der Waals surface area (Å²) in [5.41, 5.74) is 6.65. The van der Waals surface area contributed by atoms with Gasteiger partial charge < -0.3 is 16.2 Å². The van der Waals surface area contributed by atoms with Crippen LogP contribution in [-0.4, -0.2) is 30.7 Å². The van der Waals surface area contributed by atoms with Crippen LogP contribution in [0.3, 0.4) is 0 Å². The van der Waals surface area contributed by atoms with Crippen LogP contribution in [-0.2, 0) is 5.41 Å². The van der Waals surface area contributed by atoms with Crippen LogP contribution in [0.2, 0.25) is 0 Å². The highest BCUT2D eigenvalue weighted by atomic mass is 16.3. The summed E-state index contributed by atoms with van der Waals surface area (Å²) in [6, 6.07) is 7.23. The molecule has 17 heavy (non-hydrogen) atoms. The van der Waals surface area contributed by atoms with E-state index in [-0.39, 0.29) is 12.5 Å². The van der Waals surface area contributed by atoms with Gasteiger partial charge in [0.15, 0.2) is 0 Å². The van der Waals surface area contributed by atoms with Gasteiger partial charge in [0.1, 0.15) is 0 Å². The summed E-state index contributed by atoms with van der Waals surface area (Å²) in [4.78, 5) is 11.7. The number of amides is 1. The molecule has 1 unspecified atom stereocenters. The van der Waals surface area contributed by atoms with Crippen molar-refractivity contribution in [1.29, 1.82) is 0 Å². The van der Waals surface area contributed by atoms with E-state index in [1.54, 1.807) is 12.1 Å². The fourth-order valence-corrected chi connectivity index (χ4v) is 1.57. The van der Waals surface area contributed by atoms with E-state index >= 15 is 0 Å². The van der Waals surface area contributed by atoms with Crippen molar-refractivity contribution in [1.82, 2.24) is 5.32 Å². The van der Waals surface area contributed by atoms with Crippen molar-refractivity contribution in [3.05, 3.63) is 35.4 Å². The van der Waals surface area contributed by atoms with Crippen LogP contribution < -0.4 is 11.1 Å². The van der Waals surface area contributed by atoms with Crippen LogP contribution in [0.15, 0.2) is 24.3 Å². The predicted octanol–water partition coefficient (Wildman–Crippen LogP) is 0.645. The van der Waals surface area contributed by atoms with Gasteiger partial charge in [-0.25, -0.2) is 0 Å². The smallest absolute Gasteiger partial charge is 0.251 e. The number of hydrogen-bond donors (Lipinski definition) is 3. The van der Waals surface area contributed by atoms with Crippen molar-refractivity contribution in [2.45, 2.75) is 19.3 Å². The SMILES string of the molecule is CCNC(=O)c1cccc(C(C)(CN)CO)c1. The third kappa shape index (κ3) is 3.05. The lowest BCUT2D eigenvalue weighted by Gasteiger charge is -2.26. The van der Waals surface area contributed by atoms with E-state index in [0.29, 0.717) is 18.7 Å². The van der Waals surface area contributed by atoms with Gasteiger partial charge in [-0.2, -0.15) is 0 Å².